The minimum Gasteiger partial charge on any atom is -0.291 e. The van der Waals surface area contributed by atoms with Gasteiger partial charge >= 0.3 is 5.69 Å². The fraction of sp³-hybridized carbons (Fsp3) is 0.0526. The van der Waals surface area contributed by atoms with Crippen molar-refractivity contribution in [2.45, 2.75) is 6.54 Å². The predicted molar refractivity (Wildman–Crippen MR) is 98.0 cm³/mol. The first-order chi connectivity index (χ1) is 12.6. The van der Waals surface area contributed by atoms with Crippen LogP contribution in [0.5, 0.6) is 0 Å². The lowest BCUT2D eigenvalue weighted by molar-refractivity contribution is -0.121. The number of nitrogens with zero attached hydrogens (tertiary/aromatic N) is 2. The Bertz CT molecular complexity index is 996. The van der Waals surface area contributed by atoms with E-state index in [2.05, 4.69) is 15.5 Å². The predicted octanol–water partition coefficient (Wildman–Crippen LogP) is 1.11. The normalized spacial score (nSPS) is 10.2. The fourth-order valence-electron chi connectivity index (χ4n) is 2.36. The third-order valence-electron chi connectivity index (χ3n) is 3.60. The zero-order chi connectivity index (χ0) is 18.4. The number of hydrazone groups is 1. The molecule has 2 aromatic carbocycles. The van der Waals surface area contributed by atoms with E-state index in [1.165, 1.54) is 12.3 Å². The van der Waals surface area contributed by atoms with Gasteiger partial charge in [-0.15, -0.1) is 0 Å². The molecule has 3 rings (SSSR count). The van der Waals surface area contributed by atoms with Gasteiger partial charge in [0.05, 0.1) is 5.71 Å². The van der Waals surface area contributed by atoms with Gasteiger partial charge in [-0.2, -0.15) is 5.10 Å². The van der Waals surface area contributed by atoms with E-state index in [4.69, 9.17) is 0 Å². The molecule has 0 aliphatic rings. The average Bonchev–Trinajstić information content (AvgIpc) is 2.66. The molecule has 26 heavy (non-hydrogen) atoms. The molecule has 0 saturated carbocycles. The van der Waals surface area contributed by atoms with Gasteiger partial charge in [0, 0.05) is 23.4 Å². The van der Waals surface area contributed by atoms with E-state index >= 15 is 0 Å². The smallest absolute Gasteiger partial charge is 0.291 e. The van der Waals surface area contributed by atoms with Crippen LogP contribution >= 0.6 is 0 Å². The maximum absolute atomic E-state index is 12.1. The highest BCUT2D eigenvalue weighted by molar-refractivity contribution is 6.13. The van der Waals surface area contributed by atoms with Crippen LogP contribution in [-0.4, -0.2) is 21.2 Å². The van der Waals surface area contributed by atoms with Crippen LogP contribution < -0.4 is 16.7 Å². The molecule has 0 unspecified atom stereocenters. The summed E-state index contributed by atoms with van der Waals surface area (Å²) in [5.74, 6) is -0.483. The molecule has 1 heterocycles. The Morgan fingerprint density at radius 1 is 0.923 bits per heavy atom. The average molecular weight is 348 g/mol. The van der Waals surface area contributed by atoms with Crippen LogP contribution in [0.1, 0.15) is 11.1 Å². The molecule has 7 heteroatoms. The van der Waals surface area contributed by atoms with E-state index in [0.29, 0.717) is 5.71 Å². The summed E-state index contributed by atoms with van der Waals surface area (Å²) in [7, 11) is 0. The van der Waals surface area contributed by atoms with Gasteiger partial charge in [0.25, 0.3) is 11.5 Å². The first-order valence-corrected chi connectivity index (χ1v) is 7.90. The van der Waals surface area contributed by atoms with Crippen LogP contribution in [0.4, 0.5) is 0 Å². The minimum atomic E-state index is -0.650. The van der Waals surface area contributed by atoms with Crippen molar-refractivity contribution in [3.8, 4) is 0 Å². The molecule has 0 aliphatic heterocycles. The molecule has 0 bridgehead atoms. The van der Waals surface area contributed by atoms with E-state index in [9.17, 15) is 14.4 Å². The number of benzene rings is 2. The number of nitrogens with one attached hydrogen (secondary N) is 2. The Labute approximate surface area is 148 Å². The molecule has 1 amide bonds. The summed E-state index contributed by atoms with van der Waals surface area (Å²) in [4.78, 5) is 37.0. The van der Waals surface area contributed by atoms with Crippen molar-refractivity contribution in [1.29, 1.82) is 0 Å². The van der Waals surface area contributed by atoms with E-state index in [-0.39, 0.29) is 6.54 Å². The molecular formula is C19H16N4O3. The Morgan fingerprint density at radius 3 is 2.04 bits per heavy atom. The first-order valence-electron chi connectivity index (χ1n) is 7.90. The Morgan fingerprint density at radius 2 is 1.50 bits per heavy atom. The van der Waals surface area contributed by atoms with Crippen molar-refractivity contribution >= 4 is 11.6 Å². The van der Waals surface area contributed by atoms with E-state index < -0.39 is 17.2 Å². The number of rotatable bonds is 5. The van der Waals surface area contributed by atoms with Crippen LogP contribution in [-0.2, 0) is 11.3 Å². The van der Waals surface area contributed by atoms with Crippen LogP contribution in [0, 0.1) is 0 Å². The lowest BCUT2D eigenvalue weighted by atomic mass is 10.0. The Balaban J connectivity index is 1.83. The summed E-state index contributed by atoms with van der Waals surface area (Å²) in [5.41, 5.74) is 3.60. The maximum Gasteiger partial charge on any atom is 0.328 e. The lowest BCUT2D eigenvalue weighted by Gasteiger charge is -2.08. The van der Waals surface area contributed by atoms with Crippen LogP contribution in [0.15, 0.2) is 87.6 Å². The topological polar surface area (TPSA) is 96.3 Å². The van der Waals surface area contributed by atoms with Gasteiger partial charge in [-0.05, 0) is 0 Å². The highest BCUT2D eigenvalue weighted by atomic mass is 16.2. The van der Waals surface area contributed by atoms with Gasteiger partial charge in [0.15, 0.2) is 0 Å². The van der Waals surface area contributed by atoms with Gasteiger partial charge in [0.1, 0.15) is 6.54 Å². The van der Waals surface area contributed by atoms with Crippen molar-refractivity contribution in [1.82, 2.24) is 15.0 Å². The quantitative estimate of drug-likeness (QED) is 0.534. The second-order valence-corrected chi connectivity index (χ2v) is 5.47. The molecule has 0 fully saturated rings. The van der Waals surface area contributed by atoms with Crippen LogP contribution in [0.3, 0.4) is 0 Å². The summed E-state index contributed by atoms with van der Waals surface area (Å²) in [6.45, 7) is -0.254. The molecule has 130 valence electrons. The molecule has 0 radical (unpaired) electrons. The molecular weight excluding hydrogens is 332 g/mol. The van der Waals surface area contributed by atoms with Gasteiger partial charge in [0.2, 0.25) is 0 Å². The first kappa shape index (κ1) is 17.1. The van der Waals surface area contributed by atoms with Gasteiger partial charge in [-0.25, -0.2) is 10.2 Å². The SMILES string of the molecule is O=C(Cn1ccc(=O)[nH]c1=O)NN=C(c1ccccc1)c1ccccc1. The van der Waals surface area contributed by atoms with E-state index in [1.54, 1.807) is 0 Å². The Kier molecular flexibility index (Phi) is 5.19. The zero-order valence-electron chi connectivity index (χ0n) is 13.8. The Hall–Kier alpha value is -3.74. The van der Waals surface area contributed by atoms with Gasteiger partial charge < -0.3 is 0 Å². The van der Waals surface area contributed by atoms with Crippen molar-refractivity contribution in [3.05, 3.63) is 105 Å². The molecule has 1 aromatic heterocycles. The van der Waals surface area contributed by atoms with Gasteiger partial charge in [-0.1, -0.05) is 60.7 Å². The number of carbonyl (C=O) groups is 1. The maximum atomic E-state index is 12.1. The van der Waals surface area contributed by atoms with Crippen molar-refractivity contribution < 1.29 is 4.79 Å². The second-order valence-electron chi connectivity index (χ2n) is 5.47. The van der Waals surface area contributed by atoms with Gasteiger partial charge in [-0.3, -0.25) is 19.1 Å². The van der Waals surface area contributed by atoms with Crippen LogP contribution in [0.25, 0.3) is 0 Å². The second kappa shape index (κ2) is 7.89. The molecule has 7 nitrogen and oxygen atoms in total. The third kappa shape index (κ3) is 4.21. The number of amides is 1. The third-order valence-corrected chi connectivity index (χ3v) is 3.60. The summed E-state index contributed by atoms with van der Waals surface area (Å²) >= 11 is 0. The number of hydrogen-bond acceptors (Lipinski definition) is 4. The summed E-state index contributed by atoms with van der Waals surface area (Å²) in [6.07, 6.45) is 1.26. The summed E-state index contributed by atoms with van der Waals surface area (Å²) in [5, 5.41) is 4.24. The number of hydrogen-bond donors (Lipinski definition) is 2. The lowest BCUT2D eigenvalue weighted by Crippen LogP contribution is -2.34. The molecule has 0 aliphatic carbocycles. The number of aromatic nitrogens is 2. The number of H-pyrrole nitrogens is 1. The monoisotopic (exact) mass is 348 g/mol. The van der Waals surface area contributed by atoms with E-state index in [0.717, 1.165) is 15.7 Å². The fourth-order valence-corrected chi connectivity index (χ4v) is 2.36. The zero-order valence-corrected chi connectivity index (χ0v) is 13.8. The number of aromatic amines is 1. The summed E-state index contributed by atoms with van der Waals surface area (Å²) < 4.78 is 1.09. The van der Waals surface area contributed by atoms with Crippen LogP contribution in [0.2, 0.25) is 0 Å². The number of carbonyl (C=O) groups excluding carboxylic acids is 1. The van der Waals surface area contributed by atoms with Crippen molar-refractivity contribution in [2.75, 3.05) is 0 Å². The minimum absolute atomic E-state index is 0.254. The van der Waals surface area contributed by atoms with Crippen molar-refractivity contribution in [3.63, 3.8) is 0 Å². The molecule has 0 saturated heterocycles. The standard InChI is InChI=1S/C19H16N4O3/c24-16-11-12-23(19(26)20-16)13-17(25)21-22-18(14-7-3-1-4-8-14)15-9-5-2-6-10-15/h1-12H,13H2,(H,21,25)(H,20,24,26). The molecule has 0 atom stereocenters. The highest BCUT2D eigenvalue weighted by Gasteiger charge is 2.09. The molecule has 2 N–H and O–H groups in total. The van der Waals surface area contributed by atoms with Crippen molar-refractivity contribution in [2.24, 2.45) is 5.10 Å². The summed E-state index contributed by atoms with van der Waals surface area (Å²) in [6, 6.07) is 20.1. The highest BCUT2D eigenvalue weighted by Crippen LogP contribution is 2.10. The molecule has 3 aromatic rings. The van der Waals surface area contributed by atoms with E-state index in [1.807, 2.05) is 60.7 Å². The largest absolute Gasteiger partial charge is 0.328 e. The molecule has 0 spiro atoms.